The number of thioether (sulfide) groups is 1. The minimum absolute atomic E-state index is 0.0167. The highest BCUT2D eigenvalue weighted by molar-refractivity contribution is 9.10. The Balaban J connectivity index is 1.65. The number of aromatic hydroxyl groups is 1. The van der Waals surface area contributed by atoms with Gasteiger partial charge in [0.05, 0.1) is 23.7 Å². The van der Waals surface area contributed by atoms with E-state index in [2.05, 4.69) is 20.9 Å². The molecule has 5 rings (SSSR count). The summed E-state index contributed by atoms with van der Waals surface area (Å²) in [5, 5.41) is 10.6. The minimum atomic E-state index is -0.608. The molecule has 2 amide bonds. The van der Waals surface area contributed by atoms with E-state index in [-0.39, 0.29) is 17.6 Å². The summed E-state index contributed by atoms with van der Waals surface area (Å²) in [5.41, 5.74) is 1.28. The van der Waals surface area contributed by atoms with E-state index >= 15 is 0 Å². The number of imide groups is 1. The molecule has 0 aliphatic carbocycles. The molecular weight excluding hydrogens is 520 g/mol. The maximum absolute atomic E-state index is 13.6. The fourth-order valence-electron chi connectivity index (χ4n) is 4.12. The van der Waals surface area contributed by atoms with Crippen molar-refractivity contribution < 1.29 is 19.4 Å². The van der Waals surface area contributed by atoms with Gasteiger partial charge in [-0.1, -0.05) is 33.8 Å². The number of phenols is 1. The van der Waals surface area contributed by atoms with Crippen molar-refractivity contribution in [1.29, 1.82) is 0 Å². The molecule has 1 saturated heterocycles. The van der Waals surface area contributed by atoms with Crippen LogP contribution in [0, 0.1) is 9.87 Å². The van der Waals surface area contributed by atoms with Crippen LogP contribution in [-0.2, 0) is 9.59 Å². The summed E-state index contributed by atoms with van der Waals surface area (Å²) in [6, 6.07) is 12.2. The number of nitrogens with one attached hydrogen (secondary N) is 1. The van der Waals surface area contributed by atoms with Gasteiger partial charge in [0.25, 0.3) is 0 Å². The first-order chi connectivity index (χ1) is 14.9. The third kappa shape index (κ3) is 3.32. The van der Waals surface area contributed by atoms with Crippen molar-refractivity contribution in [2.24, 2.45) is 5.92 Å². The number of benzene rings is 2. The smallest absolute Gasteiger partial charge is 0.248 e. The number of carbonyl (C=O) groups is 2. The van der Waals surface area contributed by atoms with Crippen molar-refractivity contribution in [2.45, 2.75) is 16.2 Å². The fraction of sp³-hybridized carbons (Fsp3) is 0.190. The van der Waals surface area contributed by atoms with Crippen LogP contribution in [0.1, 0.15) is 16.4 Å². The second kappa shape index (κ2) is 7.77. The molecular formula is C21H15BrN2O4S3. The van der Waals surface area contributed by atoms with Crippen LogP contribution < -0.4 is 9.64 Å². The van der Waals surface area contributed by atoms with Crippen molar-refractivity contribution in [3.05, 3.63) is 61.3 Å². The fourth-order valence-corrected chi connectivity index (χ4v) is 7.35. The summed E-state index contributed by atoms with van der Waals surface area (Å²) >= 11 is 11.5. The van der Waals surface area contributed by atoms with E-state index in [0.717, 1.165) is 19.9 Å². The highest BCUT2D eigenvalue weighted by atomic mass is 79.9. The Morgan fingerprint density at radius 1 is 1.16 bits per heavy atom. The summed E-state index contributed by atoms with van der Waals surface area (Å²) in [7, 11) is 1.48. The van der Waals surface area contributed by atoms with Gasteiger partial charge in [0, 0.05) is 15.3 Å². The summed E-state index contributed by atoms with van der Waals surface area (Å²) in [4.78, 5) is 32.3. The van der Waals surface area contributed by atoms with Gasteiger partial charge in [0.15, 0.2) is 15.5 Å². The zero-order valence-electron chi connectivity index (χ0n) is 16.0. The van der Waals surface area contributed by atoms with Crippen molar-refractivity contribution in [3.63, 3.8) is 0 Å². The molecule has 3 atom stereocenters. The first kappa shape index (κ1) is 20.7. The van der Waals surface area contributed by atoms with Crippen molar-refractivity contribution in [2.75, 3.05) is 12.0 Å². The van der Waals surface area contributed by atoms with Crippen LogP contribution in [0.5, 0.6) is 11.5 Å². The average molecular weight is 535 g/mol. The molecule has 31 heavy (non-hydrogen) atoms. The SMILES string of the molecule is COc1ccc([C@@H]2c3sc(=S)[nH]c3S[C@@H]3C(=O)N(c4ccc(Br)cc4)C(=O)[C@H]23)cc1O. The quantitative estimate of drug-likeness (QED) is 0.360. The monoisotopic (exact) mass is 534 g/mol. The molecule has 3 heterocycles. The van der Waals surface area contributed by atoms with Gasteiger partial charge in [-0.05, 0) is 54.2 Å². The number of hydrogen-bond donors (Lipinski definition) is 2. The molecule has 2 aromatic carbocycles. The van der Waals surface area contributed by atoms with E-state index in [1.165, 1.54) is 35.1 Å². The van der Waals surface area contributed by atoms with Crippen LogP contribution in [0.2, 0.25) is 0 Å². The van der Waals surface area contributed by atoms with E-state index < -0.39 is 17.1 Å². The Labute approximate surface area is 199 Å². The Morgan fingerprint density at radius 2 is 1.90 bits per heavy atom. The molecule has 1 fully saturated rings. The van der Waals surface area contributed by atoms with Crippen LogP contribution in [0.4, 0.5) is 5.69 Å². The zero-order chi connectivity index (χ0) is 21.9. The molecule has 0 bridgehead atoms. The van der Waals surface area contributed by atoms with Crippen LogP contribution in [0.25, 0.3) is 0 Å². The Hall–Kier alpha value is -2.14. The molecule has 3 aromatic rings. The molecule has 158 valence electrons. The van der Waals surface area contributed by atoms with Crippen molar-refractivity contribution in [1.82, 2.24) is 4.98 Å². The second-order valence-corrected chi connectivity index (χ2v) is 11.0. The Bertz CT molecular complexity index is 1270. The molecule has 1 aromatic heterocycles. The van der Waals surface area contributed by atoms with Gasteiger partial charge in [-0.15, -0.1) is 11.3 Å². The van der Waals surface area contributed by atoms with E-state index in [1.807, 2.05) is 6.07 Å². The van der Waals surface area contributed by atoms with Gasteiger partial charge in [-0.25, -0.2) is 4.90 Å². The lowest BCUT2D eigenvalue weighted by molar-refractivity contribution is -0.122. The molecule has 2 aliphatic rings. The number of halogens is 1. The lowest BCUT2D eigenvalue weighted by Crippen LogP contribution is -2.32. The van der Waals surface area contributed by atoms with E-state index in [1.54, 1.807) is 36.4 Å². The number of phenolic OH excluding ortho intramolecular Hbond substituents is 1. The van der Waals surface area contributed by atoms with Crippen LogP contribution in [-0.4, -0.2) is 34.3 Å². The van der Waals surface area contributed by atoms with E-state index in [9.17, 15) is 14.7 Å². The highest BCUT2D eigenvalue weighted by Crippen LogP contribution is 2.54. The normalized spacial score (nSPS) is 22.4. The van der Waals surface area contributed by atoms with Crippen LogP contribution in [0.3, 0.4) is 0 Å². The number of ether oxygens (including phenoxy) is 1. The molecule has 2 aliphatic heterocycles. The van der Waals surface area contributed by atoms with Crippen LogP contribution >= 0.6 is 51.2 Å². The maximum atomic E-state index is 13.6. The molecule has 6 nitrogen and oxygen atoms in total. The number of thiazole rings is 1. The summed E-state index contributed by atoms with van der Waals surface area (Å²) < 4.78 is 6.61. The van der Waals surface area contributed by atoms with Gasteiger partial charge in [-0.3, -0.25) is 9.59 Å². The topological polar surface area (TPSA) is 82.6 Å². The minimum Gasteiger partial charge on any atom is -0.504 e. The van der Waals surface area contributed by atoms with Crippen molar-refractivity contribution >= 4 is 68.7 Å². The zero-order valence-corrected chi connectivity index (χ0v) is 20.0. The van der Waals surface area contributed by atoms with E-state index in [0.29, 0.717) is 15.4 Å². The predicted octanol–water partition coefficient (Wildman–Crippen LogP) is 5.08. The number of aromatic nitrogens is 1. The number of carbonyl (C=O) groups excluding carboxylic acids is 2. The van der Waals surface area contributed by atoms with Gasteiger partial charge >= 0.3 is 0 Å². The molecule has 0 spiro atoms. The predicted molar refractivity (Wildman–Crippen MR) is 126 cm³/mol. The van der Waals surface area contributed by atoms with Gasteiger partial charge < -0.3 is 14.8 Å². The molecule has 10 heteroatoms. The number of fused-ring (bicyclic) bond motifs is 2. The van der Waals surface area contributed by atoms with Crippen molar-refractivity contribution in [3.8, 4) is 11.5 Å². The molecule has 2 N–H and O–H groups in total. The number of amides is 2. The second-order valence-electron chi connectivity index (χ2n) is 7.17. The number of anilines is 1. The number of aromatic amines is 1. The largest absolute Gasteiger partial charge is 0.504 e. The van der Waals surface area contributed by atoms with E-state index in [4.69, 9.17) is 17.0 Å². The summed E-state index contributed by atoms with van der Waals surface area (Å²) in [5.74, 6) is -1.19. The third-order valence-corrected chi connectivity index (χ3v) is 8.75. The number of nitrogens with zero attached hydrogens (tertiary/aromatic N) is 1. The number of rotatable bonds is 3. The standard InChI is InChI=1S/C21H15BrN2O4S3/c1-28-13-7-2-9(8-12(13)25)14-15-17(30-18-16(14)31-21(29)23-18)20(27)24(19(15)26)11-5-3-10(22)4-6-11/h2-8,14-15,17,25H,1H3,(H,23,29)/t14-,15+,17-/m0/s1. The summed E-state index contributed by atoms with van der Waals surface area (Å²) in [6.07, 6.45) is 0. The van der Waals surface area contributed by atoms with Crippen LogP contribution in [0.15, 0.2) is 52.0 Å². The van der Waals surface area contributed by atoms with Gasteiger partial charge in [0.2, 0.25) is 11.8 Å². The maximum Gasteiger partial charge on any atom is 0.248 e. The highest BCUT2D eigenvalue weighted by Gasteiger charge is 2.56. The Morgan fingerprint density at radius 3 is 2.58 bits per heavy atom. The van der Waals surface area contributed by atoms with Gasteiger partial charge in [-0.2, -0.15) is 0 Å². The van der Waals surface area contributed by atoms with Gasteiger partial charge in [0.1, 0.15) is 5.25 Å². The molecule has 0 saturated carbocycles. The first-order valence-electron chi connectivity index (χ1n) is 9.29. The molecule has 0 unspecified atom stereocenters. The first-order valence-corrected chi connectivity index (χ1v) is 12.2. The summed E-state index contributed by atoms with van der Waals surface area (Å²) in [6.45, 7) is 0. The number of methoxy groups -OCH3 is 1. The third-order valence-electron chi connectivity index (χ3n) is 5.47. The number of hydrogen-bond acceptors (Lipinski definition) is 7. The lowest BCUT2D eigenvalue weighted by atomic mass is 9.83. The number of H-pyrrole nitrogens is 1. The molecule has 0 radical (unpaired) electrons. The Kier molecular flexibility index (Phi) is 5.20. The average Bonchev–Trinajstić information content (AvgIpc) is 3.23. The lowest BCUT2D eigenvalue weighted by Gasteiger charge is -2.30.